The van der Waals surface area contributed by atoms with Gasteiger partial charge in [-0.25, -0.2) is 0 Å². The number of hydrogen-bond acceptors (Lipinski definition) is 1. The van der Waals surface area contributed by atoms with Crippen molar-refractivity contribution in [3.63, 3.8) is 0 Å². The van der Waals surface area contributed by atoms with Gasteiger partial charge in [-0.05, 0) is 0 Å². The zero-order valence-electron chi connectivity index (χ0n) is 14.3. The van der Waals surface area contributed by atoms with Crippen LogP contribution in [0.5, 0.6) is 0 Å². The van der Waals surface area contributed by atoms with E-state index in [0.717, 1.165) is 6.42 Å². The zero-order valence-corrected chi connectivity index (χ0v) is 16.0. The molecule has 2 nitrogen and oxygen atoms in total. The molecule has 0 aromatic heterocycles. The summed E-state index contributed by atoms with van der Waals surface area (Å²) >= 11 is 0.0604. The summed E-state index contributed by atoms with van der Waals surface area (Å²) in [6.45, 7) is 0. The molecule has 1 aliphatic heterocycles. The van der Waals surface area contributed by atoms with Crippen molar-refractivity contribution in [3.05, 3.63) is 102 Å². The van der Waals surface area contributed by atoms with Gasteiger partial charge in [0.2, 0.25) is 0 Å². The monoisotopic (exact) mass is 405 g/mol. The SMILES string of the molecule is O=C1N=CC(c2ccccc2)(c2ccccc2)CC1[Se]c1ccccc1. The fraction of sp³-hybridized carbons (Fsp3) is 0.130. The van der Waals surface area contributed by atoms with Crippen molar-refractivity contribution in [1.29, 1.82) is 0 Å². The second-order valence-electron chi connectivity index (χ2n) is 6.42. The van der Waals surface area contributed by atoms with E-state index >= 15 is 0 Å². The fourth-order valence-electron chi connectivity index (χ4n) is 3.47. The molecular weight excluding hydrogens is 385 g/mol. The number of amides is 1. The standard InChI is InChI=1S/C23H19NOSe/c25-22-21(26-20-14-8-3-9-15-20)16-23(17-24-22,18-10-4-1-5-11-18)19-12-6-2-7-13-19/h1-15,17,21H,16H2. The van der Waals surface area contributed by atoms with E-state index in [1.54, 1.807) is 0 Å². The molecule has 0 bridgehead atoms. The Bertz CT molecular complexity index is 867. The average Bonchev–Trinajstić information content (AvgIpc) is 2.72. The van der Waals surface area contributed by atoms with Crippen LogP contribution in [0.4, 0.5) is 0 Å². The summed E-state index contributed by atoms with van der Waals surface area (Å²) in [5.74, 6) is 0.0105. The van der Waals surface area contributed by atoms with E-state index in [1.165, 1.54) is 15.6 Å². The third kappa shape index (κ3) is 3.28. The molecule has 1 unspecified atom stereocenters. The van der Waals surface area contributed by atoms with Crippen molar-refractivity contribution in [2.24, 2.45) is 4.99 Å². The number of benzene rings is 3. The molecule has 26 heavy (non-hydrogen) atoms. The molecule has 3 heteroatoms. The number of nitrogens with zero attached hydrogens (tertiary/aromatic N) is 1. The van der Waals surface area contributed by atoms with Crippen LogP contribution in [-0.2, 0) is 10.2 Å². The Kier molecular flexibility index (Phi) is 4.83. The van der Waals surface area contributed by atoms with Gasteiger partial charge < -0.3 is 0 Å². The van der Waals surface area contributed by atoms with Crippen molar-refractivity contribution in [2.45, 2.75) is 16.7 Å². The maximum atomic E-state index is 12.6. The van der Waals surface area contributed by atoms with Gasteiger partial charge in [0.15, 0.2) is 0 Å². The third-order valence-corrected chi connectivity index (χ3v) is 7.31. The van der Waals surface area contributed by atoms with Crippen molar-refractivity contribution in [1.82, 2.24) is 0 Å². The topological polar surface area (TPSA) is 29.4 Å². The summed E-state index contributed by atoms with van der Waals surface area (Å²) in [6.07, 6.45) is 2.63. The second kappa shape index (κ2) is 7.41. The quantitative estimate of drug-likeness (QED) is 0.609. The summed E-state index contributed by atoms with van der Waals surface area (Å²) in [5.41, 5.74) is 2.03. The Labute approximate surface area is 160 Å². The Balaban J connectivity index is 1.77. The van der Waals surface area contributed by atoms with Crippen molar-refractivity contribution >= 4 is 31.5 Å². The van der Waals surface area contributed by atoms with Gasteiger partial charge in [-0.15, -0.1) is 0 Å². The molecule has 1 heterocycles. The molecule has 0 saturated carbocycles. The van der Waals surface area contributed by atoms with Crippen LogP contribution in [0.1, 0.15) is 17.5 Å². The minimum absolute atomic E-state index is 0.0105. The van der Waals surface area contributed by atoms with Crippen LogP contribution in [0.15, 0.2) is 96.0 Å². The summed E-state index contributed by atoms with van der Waals surface area (Å²) in [7, 11) is 0. The molecular formula is C23H19NOSe. The molecule has 0 spiro atoms. The van der Waals surface area contributed by atoms with Crippen molar-refractivity contribution in [3.8, 4) is 0 Å². The van der Waals surface area contributed by atoms with Crippen LogP contribution in [0.3, 0.4) is 0 Å². The molecule has 3 aromatic carbocycles. The fourth-order valence-corrected chi connectivity index (χ4v) is 5.88. The van der Waals surface area contributed by atoms with E-state index in [-0.39, 0.29) is 31.1 Å². The van der Waals surface area contributed by atoms with Gasteiger partial charge in [-0.1, -0.05) is 0 Å². The third-order valence-electron chi connectivity index (χ3n) is 4.79. The van der Waals surface area contributed by atoms with Crippen LogP contribution >= 0.6 is 0 Å². The zero-order chi connectivity index (χ0) is 17.8. The van der Waals surface area contributed by atoms with Crippen LogP contribution < -0.4 is 4.46 Å². The van der Waals surface area contributed by atoms with E-state index in [9.17, 15) is 4.79 Å². The minimum atomic E-state index is -0.350. The van der Waals surface area contributed by atoms with Crippen LogP contribution in [0.2, 0.25) is 4.82 Å². The van der Waals surface area contributed by atoms with Crippen LogP contribution in [-0.4, -0.2) is 27.1 Å². The Hall–Kier alpha value is -2.48. The van der Waals surface area contributed by atoms with Gasteiger partial charge in [0.25, 0.3) is 0 Å². The van der Waals surface area contributed by atoms with E-state index < -0.39 is 0 Å². The second-order valence-corrected chi connectivity index (χ2v) is 9.10. The number of hydrogen-bond donors (Lipinski definition) is 0. The summed E-state index contributed by atoms with van der Waals surface area (Å²) in [4.78, 5) is 16.9. The normalized spacial score (nSPS) is 18.6. The summed E-state index contributed by atoms with van der Waals surface area (Å²) in [6, 6.07) is 31.1. The molecule has 3 aromatic rings. The van der Waals surface area contributed by atoms with Crippen LogP contribution in [0, 0.1) is 0 Å². The van der Waals surface area contributed by atoms with Crippen molar-refractivity contribution in [2.75, 3.05) is 0 Å². The number of carbonyl (C=O) groups is 1. The summed E-state index contributed by atoms with van der Waals surface area (Å²) in [5, 5.41) is 0. The van der Waals surface area contributed by atoms with Crippen molar-refractivity contribution < 1.29 is 4.79 Å². The number of aliphatic imine (C=N–C) groups is 1. The molecule has 0 aliphatic carbocycles. The van der Waals surface area contributed by atoms with Gasteiger partial charge in [0.1, 0.15) is 0 Å². The van der Waals surface area contributed by atoms with Gasteiger partial charge >= 0.3 is 160 Å². The molecule has 4 rings (SSSR count). The van der Waals surface area contributed by atoms with E-state index in [2.05, 4.69) is 65.7 Å². The average molecular weight is 404 g/mol. The Morgan fingerprint density at radius 2 is 1.27 bits per heavy atom. The maximum absolute atomic E-state index is 12.6. The predicted molar refractivity (Wildman–Crippen MR) is 107 cm³/mol. The molecule has 0 N–H and O–H groups in total. The predicted octanol–water partition coefficient (Wildman–Crippen LogP) is 3.79. The van der Waals surface area contributed by atoms with Gasteiger partial charge in [-0.3, -0.25) is 0 Å². The first-order valence-corrected chi connectivity index (χ1v) is 10.5. The molecule has 1 atom stereocenters. The first-order valence-electron chi connectivity index (χ1n) is 8.70. The molecule has 0 saturated heterocycles. The Morgan fingerprint density at radius 1 is 0.769 bits per heavy atom. The Morgan fingerprint density at radius 3 is 1.81 bits per heavy atom. The number of carbonyl (C=O) groups excluding carboxylic acids is 1. The van der Waals surface area contributed by atoms with Crippen LogP contribution in [0.25, 0.3) is 0 Å². The molecule has 1 aliphatic rings. The van der Waals surface area contributed by atoms with E-state index in [4.69, 9.17) is 0 Å². The van der Waals surface area contributed by atoms with Gasteiger partial charge in [-0.2, -0.15) is 0 Å². The molecule has 128 valence electrons. The molecule has 0 fully saturated rings. The molecule has 0 radical (unpaired) electrons. The number of rotatable bonds is 4. The first-order chi connectivity index (χ1) is 12.8. The van der Waals surface area contributed by atoms with Gasteiger partial charge in [0, 0.05) is 0 Å². The summed E-state index contributed by atoms with van der Waals surface area (Å²) < 4.78 is 1.24. The van der Waals surface area contributed by atoms with E-state index in [1.807, 2.05) is 36.5 Å². The van der Waals surface area contributed by atoms with Gasteiger partial charge in [0.05, 0.1) is 0 Å². The van der Waals surface area contributed by atoms with E-state index in [0.29, 0.717) is 0 Å². The first kappa shape index (κ1) is 17.0. The molecule has 1 amide bonds.